The van der Waals surface area contributed by atoms with Crippen LogP contribution in [-0.2, 0) is 0 Å². The Labute approximate surface area is 163 Å². The number of anilines is 3. The van der Waals surface area contributed by atoms with Crippen LogP contribution in [-0.4, -0.2) is 25.8 Å². The van der Waals surface area contributed by atoms with Gasteiger partial charge in [-0.1, -0.05) is 12.1 Å². The SMILES string of the molecule is O=C(Nc1ccc2ncsc2c1)c1cccc2[nH]c(Nc3ccccn3)nc12. The van der Waals surface area contributed by atoms with Gasteiger partial charge in [0.25, 0.3) is 5.91 Å². The maximum Gasteiger partial charge on any atom is 0.257 e. The summed E-state index contributed by atoms with van der Waals surface area (Å²) in [6.45, 7) is 0. The Morgan fingerprint density at radius 2 is 2.00 bits per heavy atom. The Balaban J connectivity index is 1.45. The number of aromatic nitrogens is 4. The standard InChI is InChI=1S/C20H14N6OS/c27-19(23-12-7-8-14-16(10-12)28-11-22-14)13-4-3-5-15-18(13)26-20(24-15)25-17-6-1-2-9-21-17/h1-11H,(H,23,27)(H2,21,24,25,26). The highest BCUT2D eigenvalue weighted by molar-refractivity contribution is 7.16. The van der Waals surface area contributed by atoms with Crippen LogP contribution in [0.2, 0.25) is 0 Å². The maximum atomic E-state index is 12.9. The molecule has 7 nitrogen and oxygen atoms in total. The lowest BCUT2D eigenvalue weighted by Gasteiger charge is -2.05. The minimum absolute atomic E-state index is 0.217. The van der Waals surface area contributed by atoms with E-state index in [0.29, 0.717) is 22.8 Å². The van der Waals surface area contributed by atoms with Crippen molar-refractivity contribution in [2.24, 2.45) is 0 Å². The van der Waals surface area contributed by atoms with Crippen LogP contribution in [0, 0.1) is 0 Å². The fourth-order valence-corrected chi connectivity index (χ4v) is 3.68. The number of para-hydroxylation sites is 1. The van der Waals surface area contributed by atoms with Gasteiger partial charge in [-0.15, -0.1) is 11.3 Å². The minimum Gasteiger partial charge on any atom is -0.324 e. The summed E-state index contributed by atoms with van der Waals surface area (Å²) < 4.78 is 1.03. The van der Waals surface area contributed by atoms with Gasteiger partial charge in [0, 0.05) is 11.9 Å². The molecule has 136 valence electrons. The van der Waals surface area contributed by atoms with Crippen molar-refractivity contribution < 1.29 is 4.79 Å². The fourth-order valence-electron chi connectivity index (χ4n) is 2.96. The van der Waals surface area contributed by atoms with E-state index in [0.717, 1.165) is 21.4 Å². The van der Waals surface area contributed by atoms with Gasteiger partial charge in [0.15, 0.2) is 0 Å². The molecule has 0 bridgehead atoms. The molecule has 28 heavy (non-hydrogen) atoms. The Morgan fingerprint density at radius 3 is 2.89 bits per heavy atom. The van der Waals surface area contributed by atoms with E-state index in [9.17, 15) is 4.79 Å². The molecule has 0 fully saturated rings. The molecule has 0 aliphatic rings. The Bertz CT molecular complexity index is 1290. The fraction of sp³-hybridized carbons (Fsp3) is 0. The lowest BCUT2D eigenvalue weighted by molar-refractivity contribution is 0.102. The van der Waals surface area contributed by atoms with E-state index in [1.54, 1.807) is 17.8 Å². The number of aromatic amines is 1. The smallest absolute Gasteiger partial charge is 0.257 e. The number of pyridine rings is 1. The molecule has 8 heteroatoms. The van der Waals surface area contributed by atoms with Gasteiger partial charge in [0.05, 0.1) is 26.8 Å². The molecular weight excluding hydrogens is 372 g/mol. The Kier molecular flexibility index (Phi) is 3.95. The lowest BCUT2D eigenvalue weighted by Crippen LogP contribution is -2.12. The van der Waals surface area contributed by atoms with E-state index >= 15 is 0 Å². The topological polar surface area (TPSA) is 95.6 Å². The first-order valence-corrected chi connectivity index (χ1v) is 9.46. The van der Waals surface area contributed by atoms with Crippen LogP contribution in [0.4, 0.5) is 17.5 Å². The number of thiazole rings is 1. The average Bonchev–Trinajstić information content (AvgIpc) is 3.34. The predicted molar refractivity (Wildman–Crippen MR) is 111 cm³/mol. The van der Waals surface area contributed by atoms with E-state index in [4.69, 9.17) is 0 Å². The van der Waals surface area contributed by atoms with Crippen molar-refractivity contribution in [3.63, 3.8) is 0 Å². The molecule has 0 saturated carbocycles. The Hall–Kier alpha value is -3.78. The van der Waals surface area contributed by atoms with Crippen molar-refractivity contribution >= 4 is 55.9 Å². The number of imidazole rings is 1. The zero-order valence-corrected chi connectivity index (χ0v) is 15.3. The highest BCUT2D eigenvalue weighted by atomic mass is 32.1. The van der Waals surface area contributed by atoms with Gasteiger partial charge in [-0.3, -0.25) is 4.79 Å². The van der Waals surface area contributed by atoms with Gasteiger partial charge in [0.2, 0.25) is 5.95 Å². The van der Waals surface area contributed by atoms with Crippen molar-refractivity contribution in [3.8, 4) is 0 Å². The molecule has 0 aliphatic carbocycles. The van der Waals surface area contributed by atoms with E-state index in [2.05, 4.69) is 30.6 Å². The third kappa shape index (κ3) is 3.06. The summed E-state index contributed by atoms with van der Waals surface area (Å²) in [5, 5.41) is 6.06. The normalized spacial score (nSPS) is 11.0. The van der Waals surface area contributed by atoms with Gasteiger partial charge in [0.1, 0.15) is 11.3 Å². The van der Waals surface area contributed by atoms with Crippen LogP contribution in [0.1, 0.15) is 10.4 Å². The summed E-state index contributed by atoms with van der Waals surface area (Å²) in [7, 11) is 0. The lowest BCUT2D eigenvalue weighted by atomic mass is 10.1. The number of carbonyl (C=O) groups is 1. The molecule has 1 amide bonds. The third-order valence-electron chi connectivity index (χ3n) is 4.26. The van der Waals surface area contributed by atoms with Gasteiger partial charge >= 0.3 is 0 Å². The second-order valence-electron chi connectivity index (χ2n) is 6.12. The van der Waals surface area contributed by atoms with Crippen molar-refractivity contribution in [3.05, 3.63) is 71.9 Å². The van der Waals surface area contributed by atoms with Crippen LogP contribution in [0.15, 0.2) is 66.3 Å². The number of fused-ring (bicyclic) bond motifs is 2. The highest BCUT2D eigenvalue weighted by Crippen LogP contribution is 2.24. The first-order chi connectivity index (χ1) is 13.8. The minimum atomic E-state index is -0.217. The second kappa shape index (κ2) is 6.75. The molecule has 5 aromatic rings. The second-order valence-corrected chi connectivity index (χ2v) is 7.00. The van der Waals surface area contributed by atoms with Gasteiger partial charge in [-0.05, 0) is 42.5 Å². The van der Waals surface area contributed by atoms with Gasteiger partial charge < -0.3 is 15.6 Å². The zero-order valence-electron chi connectivity index (χ0n) is 14.5. The van der Waals surface area contributed by atoms with E-state index in [1.165, 1.54) is 11.3 Å². The molecule has 0 spiro atoms. The number of hydrogen-bond acceptors (Lipinski definition) is 6. The summed E-state index contributed by atoms with van der Waals surface area (Å²) >= 11 is 1.54. The number of H-pyrrole nitrogens is 1. The average molecular weight is 386 g/mol. The van der Waals surface area contributed by atoms with Crippen LogP contribution in [0.3, 0.4) is 0 Å². The molecule has 0 saturated heterocycles. The summed E-state index contributed by atoms with van der Waals surface area (Å²) in [4.78, 5) is 29.1. The zero-order chi connectivity index (χ0) is 18.9. The van der Waals surface area contributed by atoms with Crippen LogP contribution >= 0.6 is 11.3 Å². The van der Waals surface area contributed by atoms with Crippen molar-refractivity contribution in [1.29, 1.82) is 0 Å². The summed E-state index contributed by atoms with van der Waals surface area (Å²) in [6, 6.07) is 16.7. The molecular formula is C20H14N6OS. The number of amides is 1. The molecule has 0 atom stereocenters. The van der Waals surface area contributed by atoms with Gasteiger partial charge in [-0.25, -0.2) is 15.0 Å². The third-order valence-corrected chi connectivity index (χ3v) is 5.05. The molecule has 3 heterocycles. The monoisotopic (exact) mass is 386 g/mol. The molecule has 5 rings (SSSR count). The quantitative estimate of drug-likeness (QED) is 0.421. The van der Waals surface area contributed by atoms with Crippen LogP contribution in [0.5, 0.6) is 0 Å². The highest BCUT2D eigenvalue weighted by Gasteiger charge is 2.14. The van der Waals surface area contributed by atoms with Crippen LogP contribution in [0.25, 0.3) is 21.3 Å². The molecule has 0 radical (unpaired) electrons. The number of nitrogens with zero attached hydrogens (tertiary/aromatic N) is 3. The van der Waals surface area contributed by atoms with Crippen molar-refractivity contribution in [1.82, 2.24) is 19.9 Å². The maximum absolute atomic E-state index is 12.9. The summed E-state index contributed by atoms with van der Waals surface area (Å²) in [5.41, 5.74) is 5.29. The number of hydrogen-bond donors (Lipinski definition) is 3. The first kappa shape index (κ1) is 16.4. The molecule has 3 N–H and O–H groups in total. The molecule has 2 aromatic carbocycles. The molecule has 0 aliphatic heterocycles. The predicted octanol–water partition coefficient (Wildman–Crippen LogP) is 4.56. The summed E-state index contributed by atoms with van der Waals surface area (Å²) in [6.07, 6.45) is 1.70. The number of carbonyl (C=O) groups excluding carboxylic acids is 1. The van der Waals surface area contributed by atoms with Crippen molar-refractivity contribution in [2.75, 3.05) is 10.6 Å². The van der Waals surface area contributed by atoms with E-state index < -0.39 is 0 Å². The first-order valence-electron chi connectivity index (χ1n) is 8.58. The van der Waals surface area contributed by atoms with E-state index in [1.807, 2.05) is 48.5 Å². The van der Waals surface area contributed by atoms with E-state index in [-0.39, 0.29) is 5.91 Å². The van der Waals surface area contributed by atoms with Gasteiger partial charge in [-0.2, -0.15) is 0 Å². The molecule has 3 aromatic heterocycles. The number of nitrogens with one attached hydrogen (secondary N) is 3. The van der Waals surface area contributed by atoms with Crippen LogP contribution < -0.4 is 10.6 Å². The number of benzene rings is 2. The Morgan fingerprint density at radius 1 is 1.04 bits per heavy atom. The number of rotatable bonds is 4. The molecule has 0 unspecified atom stereocenters. The summed E-state index contributed by atoms with van der Waals surface area (Å²) in [5.74, 6) is 0.982. The van der Waals surface area contributed by atoms with Crippen molar-refractivity contribution in [2.45, 2.75) is 0 Å². The largest absolute Gasteiger partial charge is 0.324 e.